The lowest BCUT2D eigenvalue weighted by Crippen LogP contribution is -2.35. The zero-order valence-corrected chi connectivity index (χ0v) is 15.8. The lowest BCUT2D eigenvalue weighted by molar-refractivity contribution is -0.0300. The minimum atomic E-state index is -0.986. The molecule has 0 saturated heterocycles. The maximum absolute atomic E-state index is 10.6. The van der Waals surface area contributed by atoms with Crippen LogP contribution < -0.4 is 5.73 Å². The standard InChI is InChI=1S/C19H21N5O3S/c20-16-12-17(23-18(22-16)28-7-10-4-2-1-3-5-10)24(9-21-12)13-11-6-19(11,8-25)15(27)14(13)26/h1-5,9,11,13-15,25-27H,6-8H2,(H2,20,22,23)/t11-,13-,14?,15?,19+/m1/s1. The minimum absolute atomic E-state index is 0.0171. The second kappa shape index (κ2) is 6.41. The number of nitrogens with two attached hydrogens (primary N) is 1. The summed E-state index contributed by atoms with van der Waals surface area (Å²) < 4.78 is 1.78. The normalized spacial score (nSPS) is 31.2. The summed E-state index contributed by atoms with van der Waals surface area (Å²) in [7, 11) is 0. The van der Waals surface area contributed by atoms with Crippen LogP contribution in [0.4, 0.5) is 5.82 Å². The van der Waals surface area contributed by atoms with Crippen molar-refractivity contribution in [2.45, 2.75) is 35.6 Å². The molecule has 5 rings (SSSR count). The van der Waals surface area contributed by atoms with Crippen molar-refractivity contribution in [2.75, 3.05) is 12.3 Å². The minimum Gasteiger partial charge on any atom is -0.396 e. The first kappa shape index (κ1) is 17.9. The summed E-state index contributed by atoms with van der Waals surface area (Å²) in [6.07, 6.45) is 0.312. The molecule has 0 radical (unpaired) electrons. The van der Waals surface area contributed by atoms with Gasteiger partial charge >= 0.3 is 0 Å². The molecule has 9 heteroatoms. The van der Waals surface area contributed by atoms with Crippen LogP contribution in [-0.2, 0) is 5.75 Å². The van der Waals surface area contributed by atoms with E-state index >= 15 is 0 Å². The lowest BCUT2D eigenvalue weighted by atomic mass is 10.0. The molecule has 2 aromatic heterocycles. The zero-order chi connectivity index (χ0) is 19.5. The van der Waals surface area contributed by atoms with Gasteiger partial charge in [-0.3, -0.25) is 0 Å². The molecule has 0 bridgehead atoms. The first-order chi connectivity index (χ1) is 13.5. The van der Waals surface area contributed by atoms with Gasteiger partial charge in [-0.1, -0.05) is 42.1 Å². The first-order valence-electron chi connectivity index (χ1n) is 9.19. The summed E-state index contributed by atoms with van der Waals surface area (Å²) in [5.41, 5.74) is 7.66. The van der Waals surface area contributed by atoms with Crippen LogP contribution in [0.1, 0.15) is 18.0 Å². The molecule has 0 aliphatic heterocycles. The fraction of sp³-hybridized carbons (Fsp3) is 0.421. The number of benzene rings is 1. The van der Waals surface area contributed by atoms with Crippen LogP contribution in [0.3, 0.4) is 0 Å². The van der Waals surface area contributed by atoms with Crippen LogP contribution in [0.5, 0.6) is 0 Å². The van der Waals surface area contributed by atoms with Crippen molar-refractivity contribution >= 4 is 28.7 Å². The van der Waals surface area contributed by atoms with Gasteiger partial charge in [-0.05, 0) is 17.9 Å². The van der Waals surface area contributed by atoms with Gasteiger partial charge in [0.1, 0.15) is 11.6 Å². The second-order valence-electron chi connectivity index (χ2n) is 7.62. The average Bonchev–Trinajstić information content (AvgIpc) is 3.23. The van der Waals surface area contributed by atoms with Crippen molar-refractivity contribution < 1.29 is 15.3 Å². The van der Waals surface area contributed by atoms with Crippen molar-refractivity contribution in [1.29, 1.82) is 0 Å². The third-order valence-corrected chi connectivity index (χ3v) is 7.03. The van der Waals surface area contributed by atoms with Crippen molar-refractivity contribution in [3.05, 3.63) is 42.2 Å². The monoisotopic (exact) mass is 399 g/mol. The van der Waals surface area contributed by atoms with E-state index in [1.807, 2.05) is 30.3 Å². The Hall–Kier alpha value is -2.20. The molecule has 2 aliphatic carbocycles. The van der Waals surface area contributed by atoms with Gasteiger partial charge in [0, 0.05) is 11.2 Å². The molecular formula is C19H21N5O3S. The molecule has 146 valence electrons. The first-order valence-corrected chi connectivity index (χ1v) is 10.2. The van der Waals surface area contributed by atoms with Gasteiger partial charge in [0.05, 0.1) is 25.1 Å². The highest BCUT2D eigenvalue weighted by Gasteiger charge is 2.71. The van der Waals surface area contributed by atoms with Crippen molar-refractivity contribution in [3.63, 3.8) is 0 Å². The third-order valence-electron chi connectivity index (χ3n) is 6.11. The number of aliphatic hydroxyl groups excluding tert-OH is 3. The van der Waals surface area contributed by atoms with Crippen LogP contribution in [0, 0.1) is 11.3 Å². The Morgan fingerprint density at radius 1 is 1.21 bits per heavy atom. The van der Waals surface area contributed by atoms with Gasteiger partial charge in [-0.25, -0.2) is 15.0 Å². The summed E-state index contributed by atoms with van der Waals surface area (Å²) in [6, 6.07) is 9.62. The smallest absolute Gasteiger partial charge is 0.191 e. The molecule has 0 spiro atoms. The molecule has 5 N–H and O–H groups in total. The highest BCUT2D eigenvalue weighted by atomic mass is 32.2. The quantitative estimate of drug-likeness (QED) is 0.369. The SMILES string of the molecule is Nc1nc(SCc2ccccc2)nc2c1ncn2[C@H]1C(O)C(O)[C@]2(CO)C[C@H]12. The Balaban J connectivity index is 1.49. The van der Waals surface area contributed by atoms with Gasteiger partial charge < -0.3 is 25.6 Å². The summed E-state index contributed by atoms with van der Waals surface area (Å²) in [5, 5.41) is 31.2. The number of thioether (sulfide) groups is 1. The van der Waals surface area contributed by atoms with E-state index in [9.17, 15) is 15.3 Å². The van der Waals surface area contributed by atoms with Crippen molar-refractivity contribution in [2.24, 2.45) is 11.3 Å². The Kier molecular flexibility index (Phi) is 4.09. The topological polar surface area (TPSA) is 130 Å². The Bertz CT molecular complexity index is 1030. The molecule has 2 saturated carbocycles. The Labute approximate surface area is 165 Å². The van der Waals surface area contributed by atoms with E-state index in [2.05, 4.69) is 15.0 Å². The molecule has 2 unspecified atom stereocenters. The number of imidazole rings is 1. The van der Waals surface area contributed by atoms with E-state index in [0.29, 0.717) is 28.5 Å². The number of hydrogen-bond acceptors (Lipinski definition) is 8. The second-order valence-corrected chi connectivity index (χ2v) is 8.56. The molecule has 2 fully saturated rings. The molecule has 5 atom stereocenters. The molecule has 3 aromatic rings. The van der Waals surface area contributed by atoms with Crippen LogP contribution in [0.25, 0.3) is 11.2 Å². The summed E-state index contributed by atoms with van der Waals surface area (Å²) >= 11 is 1.48. The fourth-order valence-electron chi connectivity index (χ4n) is 4.47. The predicted octanol–water partition coefficient (Wildman–Crippen LogP) is 0.976. The maximum Gasteiger partial charge on any atom is 0.191 e. The van der Waals surface area contributed by atoms with E-state index in [1.54, 1.807) is 10.9 Å². The number of aliphatic hydroxyl groups is 3. The maximum atomic E-state index is 10.6. The van der Waals surface area contributed by atoms with Crippen LogP contribution in [-0.4, -0.2) is 53.7 Å². The van der Waals surface area contributed by atoms with Gasteiger partial charge in [0.25, 0.3) is 0 Å². The van der Waals surface area contributed by atoms with Gasteiger partial charge in [0.2, 0.25) is 0 Å². The van der Waals surface area contributed by atoms with Gasteiger partial charge in [0.15, 0.2) is 16.6 Å². The summed E-state index contributed by atoms with van der Waals surface area (Å²) in [6.45, 7) is -0.145. The highest BCUT2D eigenvalue weighted by molar-refractivity contribution is 7.98. The summed E-state index contributed by atoms with van der Waals surface area (Å²) in [5.74, 6) is 0.981. The number of nitrogens with zero attached hydrogens (tertiary/aromatic N) is 4. The number of hydrogen-bond donors (Lipinski definition) is 4. The molecule has 1 aromatic carbocycles. The molecule has 0 amide bonds. The fourth-order valence-corrected chi connectivity index (χ4v) is 5.27. The number of anilines is 1. The molecule has 2 heterocycles. The Morgan fingerprint density at radius 2 is 2.00 bits per heavy atom. The van der Waals surface area contributed by atoms with Crippen molar-refractivity contribution in [1.82, 2.24) is 19.5 Å². The molecule has 28 heavy (non-hydrogen) atoms. The van der Waals surface area contributed by atoms with Crippen molar-refractivity contribution in [3.8, 4) is 0 Å². The predicted molar refractivity (Wildman–Crippen MR) is 104 cm³/mol. The third kappa shape index (κ3) is 2.54. The number of fused-ring (bicyclic) bond motifs is 2. The lowest BCUT2D eigenvalue weighted by Gasteiger charge is -2.23. The van der Waals surface area contributed by atoms with Gasteiger partial charge in [-0.15, -0.1) is 0 Å². The van der Waals surface area contributed by atoms with E-state index < -0.39 is 23.7 Å². The van der Waals surface area contributed by atoms with E-state index in [-0.39, 0.29) is 18.3 Å². The van der Waals surface area contributed by atoms with Crippen LogP contribution in [0.15, 0.2) is 41.8 Å². The summed E-state index contributed by atoms with van der Waals surface area (Å²) in [4.78, 5) is 13.3. The number of nitrogen functional groups attached to an aromatic ring is 1. The largest absolute Gasteiger partial charge is 0.396 e. The molecular weight excluding hydrogens is 378 g/mol. The zero-order valence-electron chi connectivity index (χ0n) is 15.0. The average molecular weight is 399 g/mol. The van der Waals surface area contributed by atoms with E-state index in [1.165, 1.54) is 11.8 Å². The van der Waals surface area contributed by atoms with E-state index in [0.717, 1.165) is 5.56 Å². The number of aromatic nitrogens is 4. The highest BCUT2D eigenvalue weighted by Crippen LogP contribution is 2.67. The molecule has 2 aliphatic rings. The van der Waals surface area contributed by atoms with Crippen LogP contribution >= 0.6 is 11.8 Å². The van der Waals surface area contributed by atoms with E-state index in [4.69, 9.17) is 5.73 Å². The molecule has 8 nitrogen and oxygen atoms in total. The number of rotatable bonds is 5. The Morgan fingerprint density at radius 3 is 2.71 bits per heavy atom. The van der Waals surface area contributed by atoms with Gasteiger partial charge in [-0.2, -0.15) is 0 Å². The van der Waals surface area contributed by atoms with Crippen LogP contribution in [0.2, 0.25) is 0 Å².